The molecule has 6 heteroatoms. The summed E-state index contributed by atoms with van der Waals surface area (Å²) in [6.45, 7) is 0.670. The molecular formula is C33H33N3O3. The molecule has 0 radical (unpaired) electrons. The number of methoxy groups -OCH3 is 1. The van der Waals surface area contributed by atoms with E-state index in [0.717, 1.165) is 43.9 Å². The first-order valence-corrected chi connectivity index (χ1v) is 13.0. The van der Waals surface area contributed by atoms with Gasteiger partial charge in [-0.15, -0.1) is 0 Å². The van der Waals surface area contributed by atoms with Crippen molar-refractivity contribution in [2.24, 2.45) is 5.16 Å². The van der Waals surface area contributed by atoms with Gasteiger partial charge in [0.2, 0.25) is 5.88 Å². The van der Waals surface area contributed by atoms with Crippen LogP contribution in [0.5, 0.6) is 5.88 Å². The smallest absolute Gasteiger partial charge is 0.217 e. The van der Waals surface area contributed by atoms with E-state index in [1.807, 2.05) is 80.8 Å². The number of nitrogens with zero attached hydrogens (tertiary/aromatic N) is 3. The molecule has 0 spiro atoms. The lowest BCUT2D eigenvalue weighted by molar-refractivity contribution is 0.00520. The second-order valence-electron chi connectivity index (χ2n) is 10.1. The maximum atomic E-state index is 13.1. The summed E-state index contributed by atoms with van der Waals surface area (Å²) >= 11 is 0. The van der Waals surface area contributed by atoms with Crippen molar-refractivity contribution in [3.05, 3.63) is 119 Å². The third-order valence-electron chi connectivity index (χ3n) is 7.35. The number of hydrogen-bond donors (Lipinski definition) is 2. The Morgan fingerprint density at radius 2 is 1.67 bits per heavy atom. The van der Waals surface area contributed by atoms with Gasteiger partial charge in [0.15, 0.2) is 0 Å². The van der Waals surface area contributed by atoms with Crippen LogP contribution in [-0.2, 0) is 5.60 Å². The molecule has 6 nitrogen and oxygen atoms in total. The van der Waals surface area contributed by atoms with Crippen LogP contribution in [0.25, 0.3) is 21.7 Å². The molecule has 5 rings (SSSR count). The van der Waals surface area contributed by atoms with E-state index in [9.17, 15) is 5.11 Å². The van der Waals surface area contributed by atoms with Crippen LogP contribution in [0, 0.1) is 0 Å². The first-order valence-electron chi connectivity index (χ1n) is 13.0. The average Bonchev–Trinajstić information content (AvgIpc) is 2.96. The standard InChI is InChI=1S/C33H33N3O3/c1-36(2)19-18-33(37,29-15-9-13-24-10-7-8-14-27(24)29)31(25-11-5-4-6-12-25)28-21-26-20-23(22-34-38)16-17-30(26)35-32(28)39-3/h4-17,20-22,31,37-38H,18-19H2,1-3H3/b34-22+. The van der Waals surface area contributed by atoms with E-state index in [1.54, 1.807) is 7.11 Å². The highest BCUT2D eigenvalue weighted by molar-refractivity contribution is 5.90. The van der Waals surface area contributed by atoms with Gasteiger partial charge in [0.05, 0.1) is 18.8 Å². The summed E-state index contributed by atoms with van der Waals surface area (Å²) in [4.78, 5) is 6.95. The van der Waals surface area contributed by atoms with Crippen molar-refractivity contribution in [1.82, 2.24) is 9.88 Å². The van der Waals surface area contributed by atoms with Crippen LogP contribution < -0.4 is 4.74 Å². The Labute approximate surface area is 228 Å². The number of ether oxygens (including phenoxy) is 1. The zero-order chi connectivity index (χ0) is 27.4. The van der Waals surface area contributed by atoms with Gasteiger partial charge >= 0.3 is 0 Å². The summed E-state index contributed by atoms with van der Waals surface area (Å²) in [5, 5.41) is 28.3. The van der Waals surface area contributed by atoms with E-state index in [1.165, 1.54) is 6.21 Å². The molecule has 4 aromatic carbocycles. The number of pyridine rings is 1. The van der Waals surface area contributed by atoms with Crippen molar-refractivity contribution in [3.8, 4) is 5.88 Å². The summed E-state index contributed by atoms with van der Waals surface area (Å²) in [7, 11) is 5.65. The molecule has 0 aliphatic carbocycles. The van der Waals surface area contributed by atoms with E-state index in [4.69, 9.17) is 14.9 Å². The van der Waals surface area contributed by atoms with Crippen LogP contribution in [-0.4, -0.2) is 54.2 Å². The highest BCUT2D eigenvalue weighted by atomic mass is 16.5. The van der Waals surface area contributed by atoms with Crippen LogP contribution in [0.4, 0.5) is 0 Å². The van der Waals surface area contributed by atoms with Crippen LogP contribution >= 0.6 is 0 Å². The molecule has 0 fully saturated rings. The van der Waals surface area contributed by atoms with Gasteiger partial charge in [-0.3, -0.25) is 0 Å². The monoisotopic (exact) mass is 519 g/mol. The fourth-order valence-corrected chi connectivity index (χ4v) is 5.50. The largest absolute Gasteiger partial charge is 0.481 e. The quantitative estimate of drug-likeness (QED) is 0.138. The molecule has 5 aromatic rings. The van der Waals surface area contributed by atoms with Gasteiger partial charge in [-0.05, 0) is 66.2 Å². The van der Waals surface area contributed by atoms with Gasteiger partial charge in [-0.25, -0.2) is 4.98 Å². The third-order valence-corrected chi connectivity index (χ3v) is 7.35. The van der Waals surface area contributed by atoms with Crippen molar-refractivity contribution in [2.75, 3.05) is 27.7 Å². The number of rotatable bonds is 9. The lowest BCUT2D eigenvalue weighted by Gasteiger charge is -2.39. The van der Waals surface area contributed by atoms with Crippen molar-refractivity contribution in [1.29, 1.82) is 0 Å². The summed E-state index contributed by atoms with van der Waals surface area (Å²) in [5.74, 6) is -0.0325. The SMILES string of the molecule is COc1nc2ccc(/C=N/O)cc2cc1C(c1ccccc1)C(O)(CCN(C)C)c1cccc2ccccc12. The Morgan fingerprint density at radius 3 is 2.41 bits per heavy atom. The van der Waals surface area contributed by atoms with Gasteiger partial charge in [-0.2, -0.15) is 0 Å². The van der Waals surface area contributed by atoms with Crippen molar-refractivity contribution >= 4 is 27.9 Å². The van der Waals surface area contributed by atoms with Gasteiger partial charge in [0.25, 0.3) is 0 Å². The lowest BCUT2D eigenvalue weighted by atomic mass is 9.70. The summed E-state index contributed by atoms with van der Waals surface area (Å²) in [5.41, 5.74) is 2.79. The average molecular weight is 520 g/mol. The van der Waals surface area contributed by atoms with E-state index < -0.39 is 11.5 Å². The normalized spacial score (nSPS) is 14.2. The van der Waals surface area contributed by atoms with E-state index in [2.05, 4.69) is 40.4 Å². The Morgan fingerprint density at radius 1 is 0.923 bits per heavy atom. The topological polar surface area (TPSA) is 78.2 Å². The Balaban J connectivity index is 1.83. The van der Waals surface area contributed by atoms with Crippen molar-refractivity contribution in [3.63, 3.8) is 0 Å². The van der Waals surface area contributed by atoms with Gasteiger partial charge in [0.1, 0.15) is 5.60 Å². The maximum Gasteiger partial charge on any atom is 0.217 e. The number of aromatic nitrogens is 1. The molecule has 39 heavy (non-hydrogen) atoms. The second-order valence-corrected chi connectivity index (χ2v) is 10.1. The van der Waals surface area contributed by atoms with E-state index >= 15 is 0 Å². The number of benzene rings is 4. The van der Waals surface area contributed by atoms with Gasteiger partial charge in [-0.1, -0.05) is 84.0 Å². The summed E-state index contributed by atoms with van der Waals surface area (Å²) in [6.07, 6.45) is 1.87. The Kier molecular flexibility index (Phi) is 7.59. The third kappa shape index (κ3) is 5.21. The second kappa shape index (κ2) is 11.2. The van der Waals surface area contributed by atoms with E-state index in [0.29, 0.717) is 18.8 Å². The molecule has 0 saturated heterocycles. The number of aliphatic hydroxyl groups is 1. The molecule has 2 N–H and O–H groups in total. The number of hydrogen-bond acceptors (Lipinski definition) is 6. The first-order chi connectivity index (χ1) is 18.9. The minimum atomic E-state index is -1.31. The molecule has 0 aliphatic heterocycles. The highest BCUT2D eigenvalue weighted by Gasteiger charge is 2.43. The lowest BCUT2D eigenvalue weighted by Crippen LogP contribution is -2.38. The molecule has 198 valence electrons. The minimum Gasteiger partial charge on any atom is -0.481 e. The number of fused-ring (bicyclic) bond motifs is 2. The molecule has 1 heterocycles. The molecule has 0 amide bonds. The van der Waals surface area contributed by atoms with E-state index in [-0.39, 0.29) is 0 Å². The number of oxime groups is 1. The Bertz CT molecular complexity index is 1610. The predicted molar refractivity (Wildman–Crippen MR) is 157 cm³/mol. The fourth-order valence-electron chi connectivity index (χ4n) is 5.50. The molecular weight excluding hydrogens is 486 g/mol. The van der Waals surface area contributed by atoms with Gasteiger partial charge < -0.3 is 20.0 Å². The van der Waals surface area contributed by atoms with Crippen LogP contribution in [0.1, 0.15) is 34.6 Å². The first kappa shape index (κ1) is 26.4. The molecule has 2 unspecified atom stereocenters. The summed E-state index contributed by atoms with van der Waals surface area (Å²) < 4.78 is 5.88. The molecule has 0 saturated carbocycles. The zero-order valence-electron chi connectivity index (χ0n) is 22.5. The molecule has 2 atom stereocenters. The summed E-state index contributed by atoms with van der Waals surface area (Å²) in [6, 6.07) is 32.0. The van der Waals surface area contributed by atoms with Crippen LogP contribution in [0.3, 0.4) is 0 Å². The molecule has 1 aromatic heterocycles. The maximum absolute atomic E-state index is 13.1. The fraction of sp³-hybridized carbons (Fsp3) is 0.212. The van der Waals surface area contributed by atoms with Crippen molar-refractivity contribution in [2.45, 2.75) is 17.9 Å². The van der Waals surface area contributed by atoms with Gasteiger partial charge in [0, 0.05) is 23.4 Å². The van der Waals surface area contributed by atoms with Crippen LogP contribution in [0.2, 0.25) is 0 Å². The zero-order valence-corrected chi connectivity index (χ0v) is 22.5. The highest BCUT2D eigenvalue weighted by Crippen LogP contribution is 2.48. The Hall–Kier alpha value is -4.26. The molecule has 0 aliphatic rings. The molecule has 0 bridgehead atoms. The predicted octanol–water partition coefficient (Wildman–Crippen LogP) is 6.18. The van der Waals surface area contributed by atoms with Crippen molar-refractivity contribution < 1.29 is 15.1 Å². The van der Waals surface area contributed by atoms with Crippen LogP contribution in [0.15, 0.2) is 102 Å². The minimum absolute atomic E-state index is 0.462.